The van der Waals surface area contributed by atoms with Gasteiger partial charge in [0.2, 0.25) is 5.91 Å². The van der Waals surface area contributed by atoms with Crippen LogP contribution in [0, 0.1) is 5.92 Å². The summed E-state index contributed by atoms with van der Waals surface area (Å²) in [5.74, 6) is 0.257. The Balaban J connectivity index is 1.80. The zero-order valence-corrected chi connectivity index (χ0v) is 13.5. The Kier molecular flexibility index (Phi) is 5.94. The predicted octanol–water partition coefficient (Wildman–Crippen LogP) is 0.986. The maximum atomic E-state index is 12.2. The third kappa shape index (κ3) is 4.53. The van der Waals surface area contributed by atoms with E-state index in [0.717, 1.165) is 5.56 Å². The molecule has 1 aromatic rings. The lowest BCUT2D eigenvalue weighted by Crippen LogP contribution is -2.43. The van der Waals surface area contributed by atoms with Gasteiger partial charge in [-0.15, -0.1) is 0 Å². The SMILES string of the molecule is CC(NC(=O)CC1C(C)NNC1C)C(O)Cc1ccccc1. The number of aliphatic hydroxyl groups excluding tert-OH is 1. The van der Waals surface area contributed by atoms with Gasteiger partial charge in [0.15, 0.2) is 0 Å². The van der Waals surface area contributed by atoms with Crippen LogP contribution >= 0.6 is 0 Å². The standard InChI is InChI=1S/C17H27N3O2/c1-11-15(12(2)20-19-11)10-17(22)18-13(3)16(21)9-14-7-5-4-6-8-14/h4-8,11-13,15-16,19-21H,9-10H2,1-3H3,(H,18,22). The fraction of sp³-hybridized carbons (Fsp3) is 0.588. The van der Waals surface area contributed by atoms with Gasteiger partial charge in [0.05, 0.1) is 12.1 Å². The van der Waals surface area contributed by atoms with Gasteiger partial charge < -0.3 is 10.4 Å². The Hall–Kier alpha value is -1.43. The average molecular weight is 305 g/mol. The highest BCUT2D eigenvalue weighted by atomic mass is 16.3. The molecular formula is C17H27N3O2. The maximum Gasteiger partial charge on any atom is 0.220 e. The number of rotatable bonds is 6. The second-order valence-electron chi connectivity index (χ2n) is 6.35. The van der Waals surface area contributed by atoms with Gasteiger partial charge >= 0.3 is 0 Å². The first-order valence-corrected chi connectivity index (χ1v) is 7.99. The summed E-state index contributed by atoms with van der Waals surface area (Å²) >= 11 is 0. The van der Waals surface area contributed by atoms with Crippen molar-refractivity contribution in [2.45, 2.75) is 57.8 Å². The molecule has 5 heteroatoms. The zero-order valence-electron chi connectivity index (χ0n) is 13.5. The van der Waals surface area contributed by atoms with Crippen LogP contribution in [0.4, 0.5) is 0 Å². The lowest BCUT2D eigenvalue weighted by atomic mass is 9.92. The normalized spacial score (nSPS) is 27.4. The predicted molar refractivity (Wildman–Crippen MR) is 87.1 cm³/mol. The number of nitrogens with one attached hydrogen (secondary N) is 3. The van der Waals surface area contributed by atoms with Crippen molar-refractivity contribution in [3.8, 4) is 0 Å². The number of hydrogen-bond donors (Lipinski definition) is 4. The van der Waals surface area contributed by atoms with Gasteiger partial charge in [-0.25, -0.2) is 0 Å². The van der Waals surface area contributed by atoms with Gasteiger partial charge in [0.25, 0.3) is 0 Å². The van der Waals surface area contributed by atoms with Crippen LogP contribution in [0.25, 0.3) is 0 Å². The highest BCUT2D eigenvalue weighted by Crippen LogP contribution is 2.18. The van der Waals surface area contributed by atoms with Crippen LogP contribution in [-0.4, -0.2) is 35.2 Å². The topological polar surface area (TPSA) is 73.4 Å². The third-order valence-corrected chi connectivity index (χ3v) is 4.50. The van der Waals surface area contributed by atoms with Gasteiger partial charge in [0.1, 0.15) is 0 Å². The van der Waals surface area contributed by atoms with Gasteiger partial charge in [-0.2, -0.15) is 0 Å². The molecule has 4 unspecified atom stereocenters. The number of hydrazine groups is 1. The maximum absolute atomic E-state index is 12.2. The molecule has 0 aliphatic carbocycles. The summed E-state index contributed by atoms with van der Waals surface area (Å²) in [7, 11) is 0. The molecule has 1 amide bonds. The Morgan fingerprint density at radius 3 is 2.41 bits per heavy atom. The van der Waals surface area contributed by atoms with Gasteiger partial charge in [-0.1, -0.05) is 30.3 Å². The highest BCUT2D eigenvalue weighted by Gasteiger charge is 2.32. The molecule has 1 heterocycles. The summed E-state index contributed by atoms with van der Waals surface area (Å²) in [6.07, 6.45) is 0.424. The fourth-order valence-corrected chi connectivity index (χ4v) is 2.92. The first-order valence-electron chi connectivity index (χ1n) is 7.99. The van der Waals surface area contributed by atoms with E-state index in [2.05, 4.69) is 30.0 Å². The molecule has 0 aromatic heterocycles. The monoisotopic (exact) mass is 305 g/mol. The van der Waals surface area contributed by atoms with E-state index in [1.807, 2.05) is 37.3 Å². The van der Waals surface area contributed by atoms with Crippen molar-refractivity contribution < 1.29 is 9.90 Å². The lowest BCUT2D eigenvalue weighted by Gasteiger charge is -2.23. The quantitative estimate of drug-likeness (QED) is 0.632. The number of benzene rings is 1. The van der Waals surface area contributed by atoms with E-state index >= 15 is 0 Å². The zero-order chi connectivity index (χ0) is 16.1. The van der Waals surface area contributed by atoms with E-state index in [1.54, 1.807) is 0 Å². The molecule has 1 aromatic carbocycles. The van der Waals surface area contributed by atoms with Crippen LogP contribution in [0.15, 0.2) is 30.3 Å². The van der Waals surface area contributed by atoms with E-state index in [0.29, 0.717) is 12.8 Å². The minimum atomic E-state index is -0.582. The summed E-state index contributed by atoms with van der Waals surface area (Å²) in [6, 6.07) is 10.1. The Morgan fingerprint density at radius 1 is 1.23 bits per heavy atom. The molecule has 4 N–H and O–H groups in total. The summed E-state index contributed by atoms with van der Waals surface area (Å²) in [6.45, 7) is 5.99. The minimum Gasteiger partial charge on any atom is -0.391 e. The fourth-order valence-electron chi connectivity index (χ4n) is 2.92. The molecule has 0 spiro atoms. The van der Waals surface area contributed by atoms with Crippen LogP contribution < -0.4 is 16.2 Å². The number of carbonyl (C=O) groups excluding carboxylic acids is 1. The molecule has 5 nitrogen and oxygen atoms in total. The van der Waals surface area contributed by atoms with Crippen LogP contribution in [-0.2, 0) is 11.2 Å². The van der Waals surface area contributed by atoms with Crippen molar-refractivity contribution in [2.24, 2.45) is 5.92 Å². The molecule has 1 aliphatic rings. The van der Waals surface area contributed by atoms with Gasteiger partial charge in [-0.3, -0.25) is 15.6 Å². The lowest BCUT2D eigenvalue weighted by molar-refractivity contribution is -0.123. The number of carbonyl (C=O) groups is 1. The molecule has 1 aliphatic heterocycles. The number of aliphatic hydroxyl groups is 1. The van der Waals surface area contributed by atoms with E-state index in [4.69, 9.17) is 0 Å². The molecule has 0 radical (unpaired) electrons. The Labute approximate surface area is 132 Å². The van der Waals surface area contributed by atoms with E-state index < -0.39 is 6.10 Å². The van der Waals surface area contributed by atoms with Gasteiger partial charge in [-0.05, 0) is 26.3 Å². The van der Waals surface area contributed by atoms with Crippen molar-refractivity contribution >= 4 is 5.91 Å². The van der Waals surface area contributed by atoms with Crippen LogP contribution in [0.3, 0.4) is 0 Å². The number of amides is 1. The first-order chi connectivity index (χ1) is 10.5. The Morgan fingerprint density at radius 2 is 1.82 bits per heavy atom. The smallest absolute Gasteiger partial charge is 0.220 e. The minimum absolute atomic E-state index is 0.00573. The molecular weight excluding hydrogens is 278 g/mol. The van der Waals surface area contributed by atoms with Crippen LogP contribution in [0.2, 0.25) is 0 Å². The van der Waals surface area contributed by atoms with Crippen molar-refractivity contribution in [1.82, 2.24) is 16.2 Å². The first kappa shape index (κ1) is 16.9. The molecule has 4 atom stereocenters. The number of hydrogen-bond acceptors (Lipinski definition) is 4. The van der Waals surface area contributed by atoms with E-state index in [1.165, 1.54) is 0 Å². The second-order valence-corrected chi connectivity index (χ2v) is 6.35. The summed E-state index contributed by atoms with van der Waals surface area (Å²) < 4.78 is 0. The summed E-state index contributed by atoms with van der Waals surface area (Å²) in [5.41, 5.74) is 7.38. The van der Waals surface area contributed by atoms with Gasteiger partial charge in [0, 0.05) is 30.8 Å². The molecule has 1 fully saturated rings. The molecule has 2 rings (SSSR count). The van der Waals surface area contributed by atoms with E-state index in [-0.39, 0.29) is 30.0 Å². The summed E-state index contributed by atoms with van der Waals surface area (Å²) in [4.78, 5) is 12.2. The van der Waals surface area contributed by atoms with Crippen molar-refractivity contribution in [3.05, 3.63) is 35.9 Å². The largest absolute Gasteiger partial charge is 0.391 e. The van der Waals surface area contributed by atoms with Crippen molar-refractivity contribution in [2.75, 3.05) is 0 Å². The Bertz CT molecular complexity index is 470. The molecule has 0 saturated carbocycles. The third-order valence-electron chi connectivity index (χ3n) is 4.50. The van der Waals surface area contributed by atoms with Crippen LogP contribution in [0.1, 0.15) is 32.8 Å². The highest BCUT2D eigenvalue weighted by molar-refractivity contribution is 5.76. The second kappa shape index (κ2) is 7.72. The van der Waals surface area contributed by atoms with Crippen LogP contribution in [0.5, 0.6) is 0 Å². The molecule has 0 bridgehead atoms. The molecule has 1 saturated heterocycles. The van der Waals surface area contributed by atoms with E-state index in [9.17, 15) is 9.90 Å². The average Bonchev–Trinajstić information content (AvgIpc) is 2.80. The van der Waals surface area contributed by atoms with Crippen molar-refractivity contribution in [1.29, 1.82) is 0 Å². The molecule has 22 heavy (non-hydrogen) atoms. The summed E-state index contributed by atoms with van der Waals surface area (Å²) in [5, 5.41) is 13.2. The molecule has 122 valence electrons. The van der Waals surface area contributed by atoms with Crippen molar-refractivity contribution in [3.63, 3.8) is 0 Å².